The van der Waals surface area contributed by atoms with Gasteiger partial charge < -0.3 is 10.2 Å². The molecule has 2 saturated heterocycles. The fourth-order valence-corrected chi connectivity index (χ4v) is 4.04. The van der Waals surface area contributed by atoms with E-state index in [-0.39, 0.29) is 18.3 Å². The Morgan fingerprint density at radius 2 is 1.79 bits per heavy atom. The molecule has 2 aliphatic heterocycles. The Morgan fingerprint density at radius 1 is 1.17 bits per heavy atom. The van der Waals surface area contributed by atoms with E-state index in [4.69, 9.17) is 23.2 Å². The SMILES string of the molecule is CC1(CN2CCN(C(=O)c3cc(Cl)cc(Cl)c3)CC2)CCNC1.Cl. The van der Waals surface area contributed by atoms with Gasteiger partial charge in [0.1, 0.15) is 0 Å². The number of nitrogens with one attached hydrogen (secondary N) is 1. The number of carbonyl (C=O) groups is 1. The number of hydrogen-bond acceptors (Lipinski definition) is 3. The van der Waals surface area contributed by atoms with Crippen LogP contribution in [0.1, 0.15) is 23.7 Å². The van der Waals surface area contributed by atoms with Gasteiger partial charge in [-0.15, -0.1) is 12.4 Å². The minimum atomic E-state index is 0. The number of rotatable bonds is 3. The van der Waals surface area contributed by atoms with Gasteiger partial charge in [-0.2, -0.15) is 0 Å². The molecule has 1 amide bonds. The first-order chi connectivity index (χ1) is 11.0. The molecule has 0 bridgehead atoms. The predicted molar refractivity (Wildman–Crippen MR) is 102 cm³/mol. The lowest BCUT2D eigenvalue weighted by atomic mass is 9.89. The third kappa shape index (κ3) is 4.77. The molecule has 0 radical (unpaired) electrons. The van der Waals surface area contributed by atoms with Gasteiger partial charge in [0.05, 0.1) is 0 Å². The van der Waals surface area contributed by atoms with Crippen LogP contribution in [-0.4, -0.2) is 61.5 Å². The summed E-state index contributed by atoms with van der Waals surface area (Å²) >= 11 is 12.0. The standard InChI is InChI=1S/C17H23Cl2N3O.ClH/c1-17(2-3-20-11-17)12-21-4-6-22(7-5-21)16(23)13-8-14(18)10-15(19)9-13;/h8-10,20H,2-7,11-12H2,1H3;1H. The molecule has 134 valence electrons. The van der Waals surface area contributed by atoms with Crippen LogP contribution < -0.4 is 5.32 Å². The summed E-state index contributed by atoms with van der Waals surface area (Å²) in [5.74, 6) is 0.0165. The highest BCUT2D eigenvalue weighted by Gasteiger charge is 2.32. The van der Waals surface area contributed by atoms with Crippen molar-refractivity contribution in [1.82, 2.24) is 15.1 Å². The molecule has 24 heavy (non-hydrogen) atoms. The molecule has 7 heteroatoms. The Bertz CT molecular complexity index is 562. The van der Waals surface area contributed by atoms with Gasteiger partial charge in [0.2, 0.25) is 0 Å². The quantitative estimate of drug-likeness (QED) is 0.858. The van der Waals surface area contributed by atoms with Gasteiger partial charge in [-0.25, -0.2) is 0 Å². The lowest BCUT2D eigenvalue weighted by Crippen LogP contribution is -2.51. The molecular weight excluding hydrogens is 369 g/mol. The summed E-state index contributed by atoms with van der Waals surface area (Å²) in [5.41, 5.74) is 0.940. The molecule has 2 heterocycles. The molecule has 1 N–H and O–H groups in total. The minimum Gasteiger partial charge on any atom is -0.336 e. The summed E-state index contributed by atoms with van der Waals surface area (Å²) in [7, 11) is 0. The highest BCUT2D eigenvalue weighted by atomic mass is 35.5. The van der Waals surface area contributed by atoms with Gasteiger partial charge in [-0.05, 0) is 36.6 Å². The van der Waals surface area contributed by atoms with Crippen molar-refractivity contribution in [1.29, 1.82) is 0 Å². The zero-order chi connectivity index (χ0) is 16.4. The van der Waals surface area contributed by atoms with Gasteiger partial charge in [0.15, 0.2) is 0 Å². The molecule has 1 aromatic rings. The van der Waals surface area contributed by atoms with E-state index in [9.17, 15) is 4.79 Å². The number of carbonyl (C=O) groups excluding carboxylic acids is 1. The average Bonchev–Trinajstić information content (AvgIpc) is 2.92. The third-order valence-electron chi connectivity index (χ3n) is 4.83. The van der Waals surface area contributed by atoms with Crippen LogP contribution in [0.15, 0.2) is 18.2 Å². The maximum atomic E-state index is 12.6. The second-order valence-electron chi connectivity index (χ2n) is 6.96. The second-order valence-corrected chi connectivity index (χ2v) is 7.84. The maximum Gasteiger partial charge on any atom is 0.254 e. The van der Waals surface area contributed by atoms with Crippen molar-refractivity contribution in [3.8, 4) is 0 Å². The normalized spacial score (nSPS) is 24.7. The van der Waals surface area contributed by atoms with Crippen LogP contribution in [0.25, 0.3) is 0 Å². The van der Waals surface area contributed by atoms with Crippen LogP contribution >= 0.6 is 35.6 Å². The van der Waals surface area contributed by atoms with Crippen LogP contribution in [0.5, 0.6) is 0 Å². The van der Waals surface area contributed by atoms with Crippen LogP contribution in [-0.2, 0) is 0 Å². The van der Waals surface area contributed by atoms with Gasteiger partial charge in [-0.3, -0.25) is 9.69 Å². The van der Waals surface area contributed by atoms with E-state index in [2.05, 4.69) is 17.1 Å². The van der Waals surface area contributed by atoms with Crippen molar-refractivity contribution in [2.75, 3.05) is 45.8 Å². The smallest absolute Gasteiger partial charge is 0.254 e. The predicted octanol–water partition coefficient (Wildman–Crippen LogP) is 3.17. The number of amides is 1. The summed E-state index contributed by atoms with van der Waals surface area (Å²) in [6.45, 7) is 9.02. The van der Waals surface area contributed by atoms with E-state index in [0.717, 1.165) is 45.8 Å². The molecule has 1 unspecified atom stereocenters. The van der Waals surface area contributed by atoms with Gasteiger partial charge >= 0.3 is 0 Å². The van der Waals surface area contributed by atoms with E-state index >= 15 is 0 Å². The molecule has 0 aromatic heterocycles. The summed E-state index contributed by atoms with van der Waals surface area (Å²) in [6.07, 6.45) is 1.23. The summed E-state index contributed by atoms with van der Waals surface area (Å²) in [6, 6.07) is 5.02. The first-order valence-electron chi connectivity index (χ1n) is 8.14. The second kappa shape index (κ2) is 8.24. The molecule has 0 saturated carbocycles. The first-order valence-corrected chi connectivity index (χ1v) is 8.89. The van der Waals surface area contributed by atoms with Crippen molar-refractivity contribution in [2.45, 2.75) is 13.3 Å². The molecular formula is C17H24Cl3N3O. The topological polar surface area (TPSA) is 35.6 Å². The zero-order valence-corrected chi connectivity index (χ0v) is 16.2. The molecule has 3 rings (SSSR count). The number of halogens is 3. The molecule has 2 fully saturated rings. The van der Waals surface area contributed by atoms with Crippen LogP contribution in [0.2, 0.25) is 10.0 Å². The van der Waals surface area contributed by atoms with Crippen LogP contribution in [0.3, 0.4) is 0 Å². The molecule has 1 aromatic carbocycles. The lowest BCUT2D eigenvalue weighted by molar-refractivity contribution is 0.0581. The van der Waals surface area contributed by atoms with E-state index in [1.165, 1.54) is 6.42 Å². The Hall–Kier alpha value is -0.520. The summed E-state index contributed by atoms with van der Waals surface area (Å²) in [4.78, 5) is 17.0. The first kappa shape index (κ1) is 19.8. The summed E-state index contributed by atoms with van der Waals surface area (Å²) < 4.78 is 0. The van der Waals surface area contributed by atoms with Crippen molar-refractivity contribution in [3.05, 3.63) is 33.8 Å². The number of benzene rings is 1. The largest absolute Gasteiger partial charge is 0.336 e. The molecule has 0 aliphatic carbocycles. The highest BCUT2D eigenvalue weighted by molar-refractivity contribution is 6.35. The summed E-state index contributed by atoms with van der Waals surface area (Å²) in [5, 5.41) is 4.45. The van der Waals surface area contributed by atoms with Crippen LogP contribution in [0.4, 0.5) is 0 Å². The molecule has 1 atom stereocenters. The fraction of sp³-hybridized carbons (Fsp3) is 0.588. The van der Waals surface area contributed by atoms with Gasteiger partial charge in [0.25, 0.3) is 5.91 Å². The molecule has 2 aliphatic rings. The number of hydrogen-bond donors (Lipinski definition) is 1. The Kier molecular flexibility index (Phi) is 6.80. The number of piperazine rings is 1. The molecule has 4 nitrogen and oxygen atoms in total. The average molecular weight is 393 g/mol. The maximum absolute atomic E-state index is 12.6. The van der Waals surface area contributed by atoms with E-state index in [0.29, 0.717) is 21.0 Å². The third-order valence-corrected chi connectivity index (χ3v) is 5.27. The Labute approximate surface area is 159 Å². The van der Waals surface area contributed by atoms with Crippen molar-refractivity contribution in [3.63, 3.8) is 0 Å². The van der Waals surface area contributed by atoms with E-state index in [1.54, 1.807) is 18.2 Å². The van der Waals surface area contributed by atoms with Crippen molar-refractivity contribution < 1.29 is 4.79 Å². The lowest BCUT2D eigenvalue weighted by Gasteiger charge is -2.38. The van der Waals surface area contributed by atoms with E-state index in [1.807, 2.05) is 4.90 Å². The highest BCUT2D eigenvalue weighted by Crippen LogP contribution is 2.26. The van der Waals surface area contributed by atoms with Gasteiger partial charge in [-0.1, -0.05) is 30.1 Å². The fourth-order valence-electron chi connectivity index (χ4n) is 3.51. The number of nitrogens with zero attached hydrogens (tertiary/aromatic N) is 2. The van der Waals surface area contributed by atoms with Crippen molar-refractivity contribution >= 4 is 41.5 Å². The van der Waals surface area contributed by atoms with Crippen LogP contribution in [0, 0.1) is 5.41 Å². The minimum absolute atomic E-state index is 0. The van der Waals surface area contributed by atoms with Crippen molar-refractivity contribution in [2.24, 2.45) is 5.41 Å². The molecule has 0 spiro atoms. The van der Waals surface area contributed by atoms with E-state index < -0.39 is 0 Å². The Balaban J connectivity index is 0.00000208. The van der Waals surface area contributed by atoms with Gasteiger partial charge in [0, 0.05) is 54.9 Å². The monoisotopic (exact) mass is 391 g/mol. The zero-order valence-electron chi connectivity index (χ0n) is 13.9. The Morgan fingerprint density at radius 3 is 2.33 bits per heavy atom.